The highest BCUT2D eigenvalue weighted by Crippen LogP contribution is 2.32. The lowest BCUT2D eigenvalue weighted by molar-refractivity contribution is -0.121. The Morgan fingerprint density at radius 1 is 1.47 bits per heavy atom. The van der Waals surface area contributed by atoms with Crippen LogP contribution in [0.1, 0.15) is 18.1 Å². The minimum absolute atomic E-state index is 0.0176. The molecule has 1 aliphatic heterocycles. The van der Waals surface area contributed by atoms with E-state index in [9.17, 15) is 4.79 Å². The molecular weight excluding hydrogens is 250 g/mol. The Morgan fingerprint density at radius 2 is 2.24 bits per heavy atom. The van der Waals surface area contributed by atoms with Crippen LogP contribution in [-0.2, 0) is 4.79 Å². The summed E-state index contributed by atoms with van der Waals surface area (Å²) >= 11 is 6.54. The number of hydrogen-bond acceptors (Lipinski definition) is 3. The van der Waals surface area contributed by atoms with Gasteiger partial charge in [-0.25, -0.2) is 0 Å². The van der Waals surface area contributed by atoms with E-state index in [1.165, 1.54) is 17.3 Å². The number of hydrogen-bond donors (Lipinski definition) is 0. The largest absolute Gasteiger partial charge is 0.293 e. The molecule has 0 aliphatic carbocycles. The fraction of sp³-hybridized carbons (Fsp3) is 0.231. The molecule has 0 bridgehead atoms. The number of thioether (sulfide) groups is 1. The smallest absolute Gasteiger partial charge is 0.266 e. The molecule has 4 heteroatoms. The Bertz CT molecular complexity index is 508. The average Bonchev–Trinajstić information content (AvgIpc) is 2.54. The molecule has 88 valence electrons. The van der Waals surface area contributed by atoms with Crippen molar-refractivity contribution in [1.82, 2.24) is 4.90 Å². The highest BCUT2D eigenvalue weighted by Gasteiger charge is 2.30. The van der Waals surface area contributed by atoms with Crippen LogP contribution >= 0.6 is 24.0 Å². The van der Waals surface area contributed by atoms with Crippen molar-refractivity contribution in [3.63, 3.8) is 0 Å². The van der Waals surface area contributed by atoms with Crippen LogP contribution in [0.15, 0.2) is 29.2 Å². The molecule has 0 N–H and O–H groups in total. The van der Waals surface area contributed by atoms with Crippen molar-refractivity contribution < 1.29 is 4.79 Å². The molecule has 1 saturated heterocycles. The van der Waals surface area contributed by atoms with Crippen LogP contribution in [-0.4, -0.2) is 21.7 Å². The number of likely N-dealkylation sites (N-methyl/N-ethyl adjacent to an activating group) is 1. The van der Waals surface area contributed by atoms with Crippen molar-refractivity contribution in [2.75, 3.05) is 6.54 Å². The van der Waals surface area contributed by atoms with Gasteiger partial charge in [-0.1, -0.05) is 53.8 Å². The van der Waals surface area contributed by atoms with Gasteiger partial charge in [0, 0.05) is 6.54 Å². The summed E-state index contributed by atoms with van der Waals surface area (Å²) in [5.41, 5.74) is 2.23. The molecule has 2 rings (SSSR count). The molecule has 1 aromatic carbocycles. The summed E-state index contributed by atoms with van der Waals surface area (Å²) in [6.45, 7) is 4.60. The van der Waals surface area contributed by atoms with E-state index in [4.69, 9.17) is 12.2 Å². The summed E-state index contributed by atoms with van der Waals surface area (Å²) in [5.74, 6) is 0.0176. The number of aryl methyl sites for hydroxylation is 1. The zero-order valence-electron chi connectivity index (χ0n) is 9.77. The second-order valence-electron chi connectivity index (χ2n) is 3.84. The molecule has 1 fully saturated rings. The lowest BCUT2D eigenvalue weighted by atomic mass is 10.1. The second kappa shape index (κ2) is 5.02. The van der Waals surface area contributed by atoms with Gasteiger partial charge in [0.1, 0.15) is 4.32 Å². The third-order valence-electron chi connectivity index (χ3n) is 2.53. The molecule has 1 aliphatic rings. The highest BCUT2D eigenvalue weighted by molar-refractivity contribution is 8.26. The summed E-state index contributed by atoms with van der Waals surface area (Å²) < 4.78 is 0.649. The Hall–Kier alpha value is -1.13. The molecule has 2 nitrogen and oxygen atoms in total. The Kier molecular flexibility index (Phi) is 3.64. The molecule has 0 spiro atoms. The van der Waals surface area contributed by atoms with Gasteiger partial charge >= 0.3 is 0 Å². The maximum Gasteiger partial charge on any atom is 0.266 e. The highest BCUT2D eigenvalue weighted by atomic mass is 32.2. The fourth-order valence-electron chi connectivity index (χ4n) is 1.68. The zero-order valence-corrected chi connectivity index (χ0v) is 11.4. The van der Waals surface area contributed by atoms with Crippen LogP contribution < -0.4 is 0 Å². The van der Waals surface area contributed by atoms with Gasteiger partial charge in [-0.15, -0.1) is 0 Å². The normalized spacial score (nSPS) is 18.2. The topological polar surface area (TPSA) is 20.3 Å². The molecule has 1 aromatic rings. The van der Waals surface area contributed by atoms with Gasteiger partial charge < -0.3 is 0 Å². The maximum atomic E-state index is 12.0. The maximum absolute atomic E-state index is 12.0. The molecular formula is C13H13NOS2. The predicted molar refractivity (Wildman–Crippen MR) is 76.7 cm³/mol. The van der Waals surface area contributed by atoms with E-state index < -0.39 is 0 Å². The number of carbonyl (C=O) groups is 1. The zero-order chi connectivity index (χ0) is 12.4. The third kappa shape index (κ3) is 2.58. The summed E-state index contributed by atoms with van der Waals surface area (Å²) in [4.78, 5) is 14.3. The van der Waals surface area contributed by atoms with Gasteiger partial charge in [0.25, 0.3) is 5.91 Å². The van der Waals surface area contributed by atoms with E-state index >= 15 is 0 Å². The number of thiocarbonyl (C=S) groups is 1. The van der Waals surface area contributed by atoms with Gasteiger partial charge in [-0.3, -0.25) is 9.69 Å². The SMILES string of the molecule is CCN1C(=O)/C(=C/c2cccc(C)c2)SC1=S. The van der Waals surface area contributed by atoms with E-state index in [1.807, 2.05) is 38.1 Å². The summed E-state index contributed by atoms with van der Waals surface area (Å²) in [7, 11) is 0. The molecule has 0 aromatic heterocycles. The number of nitrogens with zero attached hydrogens (tertiary/aromatic N) is 1. The lowest BCUT2D eigenvalue weighted by Crippen LogP contribution is -2.27. The number of rotatable bonds is 2. The quantitative estimate of drug-likeness (QED) is 0.603. The molecule has 0 radical (unpaired) electrons. The van der Waals surface area contributed by atoms with Crippen molar-refractivity contribution in [1.29, 1.82) is 0 Å². The third-order valence-corrected chi connectivity index (χ3v) is 3.91. The van der Waals surface area contributed by atoms with Gasteiger partial charge in [0.2, 0.25) is 0 Å². The first-order valence-electron chi connectivity index (χ1n) is 5.44. The number of benzene rings is 1. The van der Waals surface area contributed by atoms with Gasteiger partial charge in [-0.2, -0.15) is 0 Å². The van der Waals surface area contributed by atoms with Gasteiger partial charge in [0.05, 0.1) is 4.91 Å². The number of carbonyl (C=O) groups excluding carboxylic acids is 1. The van der Waals surface area contributed by atoms with Gasteiger partial charge in [0.15, 0.2) is 0 Å². The first-order valence-corrected chi connectivity index (χ1v) is 6.66. The van der Waals surface area contributed by atoms with E-state index in [0.29, 0.717) is 15.8 Å². The molecule has 1 heterocycles. The molecule has 17 heavy (non-hydrogen) atoms. The molecule has 0 unspecified atom stereocenters. The lowest BCUT2D eigenvalue weighted by Gasteiger charge is -2.09. The summed E-state index contributed by atoms with van der Waals surface area (Å²) in [6, 6.07) is 8.07. The second-order valence-corrected chi connectivity index (χ2v) is 5.52. The van der Waals surface area contributed by atoms with E-state index in [-0.39, 0.29) is 5.91 Å². The first kappa shape index (κ1) is 12.3. The first-order chi connectivity index (χ1) is 8.11. The van der Waals surface area contributed by atoms with Crippen molar-refractivity contribution in [3.05, 3.63) is 40.3 Å². The summed E-state index contributed by atoms with van der Waals surface area (Å²) in [5, 5.41) is 0. The minimum atomic E-state index is 0.0176. The van der Waals surface area contributed by atoms with Crippen LogP contribution in [0.25, 0.3) is 6.08 Å². The van der Waals surface area contributed by atoms with Crippen molar-refractivity contribution in [2.45, 2.75) is 13.8 Å². The molecule has 0 atom stereocenters. The fourth-order valence-corrected chi connectivity index (χ4v) is 3.07. The van der Waals surface area contributed by atoms with Crippen molar-refractivity contribution in [3.8, 4) is 0 Å². The van der Waals surface area contributed by atoms with Crippen LogP contribution in [0.2, 0.25) is 0 Å². The van der Waals surface area contributed by atoms with Crippen molar-refractivity contribution >= 4 is 40.3 Å². The average molecular weight is 263 g/mol. The Balaban J connectivity index is 2.30. The molecule has 0 saturated carbocycles. The Morgan fingerprint density at radius 3 is 2.82 bits per heavy atom. The Labute approximate surface area is 111 Å². The van der Waals surface area contributed by atoms with Crippen LogP contribution in [0, 0.1) is 6.92 Å². The van der Waals surface area contributed by atoms with Crippen LogP contribution in [0.5, 0.6) is 0 Å². The number of amides is 1. The van der Waals surface area contributed by atoms with E-state index in [2.05, 4.69) is 6.07 Å². The van der Waals surface area contributed by atoms with Gasteiger partial charge in [-0.05, 0) is 25.5 Å². The van der Waals surface area contributed by atoms with Crippen LogP contribution in [0.3, 0.4) is 0 Å². The van der Waals surface area contributed by atoms with Crippen LogP contribution in [0.4, 0.5) is 0 Å². The minimum Gasteiger partial charge on any atom is -0.293 e. The standard InChI is InChI=1S/C13H13NOS2/c1-3-14-12(15)11(17-13(14)16)8-10-6-4-5-9(2)7-10/h4-8H,3H2,1-2H3/b11-8-. The van der Waals surface area contributed by atoms with Crippen molar-refractivity contribution in [2.24, 2.45) is 0 Å². The predicted octanol–water partition coefficient (Wildman–Crippen LogP) is 3.22. The van der Waals surface area contributed by atoms with E-state index in [1.54, 1.807) is 4.90 Å². The van der Waals surface area contributed by atoms with E-state index in [0.717, 1.165) is 5.56 Å². The summed E-state index contributed by atoms with van der Waals surface area (Å²) in [6.07, 6.45) is 1.90. The monoisotopic (exact) mass is 263 g/mol. The molecule has 1 amide bonds.